The van der Waals surface area contributed by atoms with Gasteiger partial charge in [0.05, 0.1) is 6.33 Å². The van der Waals surface area contributed by atoms with Gasteiger partial charge < -0.3 is 9.88 Å². The molecule has 0 aliphatic carbocycles. The number of benzene rings is 1. The molecule has 1 aliphatic rings. The van der Waals surface area contributed by atoms with Gasteiger partial charge in [-0.25, -0.2) is 4.98 Å². The van der Waals surface area contributed by atoms with Crippen LogP contribution in [0.4, 0.5) is 0 Å². The fraction of sp³-hybridized carbons (Fsp3) is 0.444. The van der Waals surface area contributed by atoms with Gasteiger partial charge in [0.25, 0.3) is 0 Å². The Morgan fingerprint density at radius 1 is 1.43 bits per heavy atom. The largest absolute Gasteiger partial charge is 0.352 e. The van der Waals surface area contributed by atoms with E-state index in [9.17, 15) is 4.79 Å². The minimum atomic E-state index is 0.0787. The topological polar surface area (TPSA) is 46.9 Å². The molecule has 2 atom stereocenters. The predicted octanol–water partition coefficient (Wildman–Crippen LogP) is 3.13. The van der Waals surface area contributed by atoms with E-state index in [2.05, 4.69) is 33.9 Å². The van der Waals surface area contributed by atoms with Gasteiger partial charge in [-0.05, 0) is 25.0 Å². The lowest BCUT2D eigenvalue weighted by Gasteiger charge is -2.25. The monoisotopic (exact) mass is 329 g/mol. The molecule has 2 heterocycles. The maximum Gasteiger partial charge on any atom is 0.223 e. The summed E-state index contributed by atoms with van der Waals surface area (Å²) in [5.74, 6) is 1.18. The number of amides is 1. The summed E-state index contributed by atoms with van der Waals surface area (Å²) in [6.07, 6.45) is 6.39. The van der Waals surface area contributed by atoms with Gasteiger partial charge in [-0.15, -0.1) is 11.8 Å². The van der Waals surface area contributed by atoms with Gasteiger partial charge in [0.2, 0.25) is 5.91 Å². The van der Waals surface area contributed by atoms with Crippen molar-refractivity contribution in [3.63, 3.8) is 0 Å². The molecule has 0 radical (unpaired) electrons. The highest BCUT2D eigenvalue weighted by atomic mass is 32.2. The van der Waals surface area contributed by atoms with Crippen molar-refractivity contribution in [3.05, 3.63) is 48.5 Å². The van der Waals surface area contributed by atoms with Crippen LogP contribution in [0, 0.1) is 5.92 Å². The van der Waals surface area contributed by atoms with E-state index in [-0.39, 0.29) is 17.9 Å². The van der Waals surface area contributed by atoms with Crippen LogP contribution in [0.25, 0.3) is 0 Å². The van der Waals surface area contributed by atoms with E-state index in [1.165, 1.54) is 10.6 Å². The number of carbonyl (C=O) groups excluding carboxylic acids is 1. The Morgan fingerprint density at radius 2 is 2.26 bits per heavy atom. The normalized spacial score (nSPS) is 18.2. The highest BCUT2D eigenvalue weighted by molar-refractivity contribution is 7.99. The quantitative estimate of drug-likeness (QED) is 0.828. The highest BCUT2D eigenvalue weighted by Gasteiger charge is 2.26. The van der Waals surface area contributed by atoms with Crippen LogP contribution in [-0.4, -0.2) is 27.3 Å². The van der Waals surface area contributed by atoms with E-state index in [1.807, 2.05) is 30.7 Å². The van der Waals surface area contributed by atoms with Crippen molar-refractivity contribution in [2.75, 3.05) is 5.75 Å². The average Bonchev–Trinajstić information content (AvgIpc) is 3.07. The third kappa shape index (κ3) is 4.16. The maximum absolute atomic E-state index is 12.6. The highest BCUT2D eigenvalue weighted by Crippen LogP contribution is 2.22. The lowest BCUT2D eigenvalue weighted by molar-refractivity contribution is -0.126. The number of rotatable bonds is 6. The molecule has 1 amide bonds. The predicted molar refractivity (Wildman–Crippen MR) is 93.4 cm³/mol. The molecule has 2 aromatic rings. The summed E-state index contributed by atoms with van der Waals surface area (Å²) in [5, 5.41) is 3.24. The zero-order valence-electron chi connectivity index (χ0n) is 13.4. The van der Waals surface area contributed by atoms with E-state index in [0.29, 0.717) is 0 Å². The molecule has 1 aliphatic heterocycles. The Kier molecular flexibility index (Phi) is 5.39. The van der Waals surface area contributed by atoms with Gasteiger partial charge in [0, 0.05) is 47.5 Å². The molecule has 0 fully saturated rings. The van der Waals surface area contributed by atoms with Crippen molar-refractivity contribution < 1.29 is 4.79 Å². The van der Waals surface area contributed by atoms with Crippen molar-refractivity contribution in [3.8, 4) is 0 Å². The number of hydrogen-bond acceptors (Lipinski definition) is 3. The number of aryl methyl sites for hydroxylation is 1. The second-order valence-electron chi connectivity index (χ2n) is 6.01. The first-order chi connectivity index (χ1) is 11.3. The number of carbonyl (C=O) groups is 1. The number of nitrogens with one attached hydrogen (secondary N) is 1. The molecule has 0 bridgehead atoms. The minimum Gasteiger partial charge on any atom is -0.352 e. The molecule has 23 heavy (non-hydrogen) atoms. The zero-order chi connectivity index (χ0) is 16.1. The number of thioether (sulfide) groups is 1. The van der Waals surface area contributed by atoms with Crippen LogP contribution in [0.2, 0.25) is 0 Å². The first kappa shape index (κ1) is 16.1. The lowest BCUT2D eigenvalue weighted by Crippen LogP contribution is -2.42. The minimum absolute atomic E-state index is 0.0787. The summed E-state index contributed by atoms with van der Waals surface area (Å²) in [6, 6.07) is 10.6. The second-order valence-corrected chi connectivity index (χ2v) is 7.10. The molecule has 1 N–H and O–H groups in total. The smallest absolute Gasteiger partial charge is 0.223 e. The van der Waals surface area contributed by atoms with E-state index in [4.69, 9.17) is 0 Å². The summed E-state index contributed by atoms with van der Waals surface area (Å²) in [5.41, 5.74) is 1.17. The van der Waals surface area contributed by atoms with E-state index < -0.39 is 0 Å². The van der Waals surface area contributed by atoms with Crippen molar-refractivity contribution in [1.29, 1.82) is 0 Å². The fourth-order valence-corrected chi connectivity index (χ4v) is 3.95. The molecule has 1 aromatic heterocycles. The van der Waals surface area contributed by atoms with E-state index in [0.717, 1.165) is 31.6 Å². The Labute approximate surface area is 141 Å². The van der Waals surface area contributed by atoms with Crippen LogP contribution in [0.1, 0.15) is 25.5 Å². The molecular formula is C18H23N3OS. The zero-order valence-corrected chi connectivity index (χ0v) is 14.3. The van der Waals surface area contributed by atoms with E-state index in [1.54, 1.807) is 11.8 Å². The molecule has 0 saturated carbocycles. The lowest BCUT2D eigenvalue weighted by atomic mass is 9.95. The number of hydrogen-bond donors (Lipinski definition) is 1. The Bertz CT molecular complexity index is 641. The van der Waals surface area contributed by atoms with Crippen LogP contribution in [0.3, 0.4) is 0 Å². The Morgan fingerprint density at radius 3 is 3.04 bits per heavy atom. The molecule has 4 nitrogen and oxygen atoms in total. The molecule has 0 spiro atoms. The van der Waals surface area contributed by atoms with Crippen molar-refractivity contribution in [2.24, 2.45) is 5.92 Å². The molecular weight excluding hydrogens is 306 g/mol. The van der Waals surface area contributed by atoms with Gasteiger partial charge in [-0.3, -0.25) is 4.79 Å². The van der Waals surface area contributed by atoms with Crippen LogP contribution < -0.4 is 5.32 Å². The summed E-state index contributed by atoms with van der Waals surface area (Å²) >= 11 is 1.80. The van der Waals surface area contributed by atoms with Crippen molar-refractivity contribution in [1.82, 2.24) is 14.9 Å². The van der Waals surface area contributed by atoms with Gasteiger partial charge in [0.1, 0.15) is 0 Å². The summed E-state index contributed by atoms with van der Waals surface area (Å²) in [6.45, 7) is 3.02. The summed E-state index contributed by atoms with van der Waals surface area (Å²) < 4.78 is 2.15. The van der Waals surface area contributed by atoms with E-state index >= 15 is 0 Å². The van der Waals surface area contributed by atoms with Crippen molar-refractivity contribution >= 4 is 17.7 Å². The summed E-state index contributed by atoms with van der Waals surface area (Å²) in [7, 11) is 0. The Balaban J connectivity index is 1.51. The first-order valence-corrected chi connectivity index (χ1v) is 9.22. The molecule has 3 rings (SSSR count). The Hall–Kier alpha value is -1.75. The van der Waals surface area contributed by atoms with Crippen LogP contribution in [0.15, 0.2) is 47.8 Å². The van der Waals surface area contributed by atoms with Crippen LogP contribution in [0.5, 0.6) is 0 Å². The average molecular weight is 329 g/mol. The molecule has 122 valence electrons. The number of fused-ring (bicyclic) bond motifs is 1. The van der Waals surface area contributed by atoms with Crippen molar-refractivity contribution in [2.45, 2.75) is 43.7 Å². The molecule has 0 unspecified atom stereocenters. The van der Waals surface area contributed by atoms with Crippen LogP contribution >= 0.6 is 11.8 Å². The maximum atomic E-state index is 12.6. The third-order valence-electron chi connectivity index (χ3n) is 4.38. The van der Waals surface area contributed by atoms with Gasteiger partial charge in [-0.2, -0.15) is 0 Å². The molecule has 5 heteroatoms. The summed E-state index contributed by atoms with van der Waals surface area (Å²) in [4.78, 5) is 18.0. The second kappa shape index (κ2) is 7.68. The van der Waals surface area contributed by atoms with Gasteiger partial charge >= 0.3 is 0 Å². The number of aromatic nitrogens is 2. The number of imidazole rings is 1. The van der Waals surface area contributed by atoms with Crippen LogP contribution in [-0.2, 0) is 17.8 Å². The standard InChI is InChI=1S/C18H23N3OS/c1-2-15(12-23-17-6-4-3-5-7-17)20-18(22)14-8-9-21-13-19-11-16(21)10-14/h3-7,11,13-15H,2,8-10,12H2,1H3,(H,20,22)/t14-,15+/m1/s1. The van der Waals surface area contributed by atoms with Gasteiger partial charge in [0.15, 0.2) is 0 Å². The molecule has 1 aromatic carbocycles. The molecule has 0 saturated heterocycles. The first-order valence-electron chi connectivity index (χ1n) is 8.23. The SMILES string of the molecule is CC[C@@H](CSc1ccccc1)NC(=O)[C@@H]1CCn2cncc2C1. The third-order valence-corrected chi connectivity index (χ3v) is 5.55. The van der Waals surface area contributed by atoms with Gasteiger partial charge in [-0.1, -0.05) is 25.1 Å². The number of nitrogens with zero attached hydrogens (tertiary/aromatic N) is 2. The fourth-order valence-electron chi connectivity index (χ4n) is 2.89.